The van der Waals surface area contributed by atoms with Crippen LogP contribution in [0.3, 0.4) is 0 Å². The monoisotopic (exact) mass is 460 g/mol. The van der Waals surface area contributed by atoms with E-state index in [1.165, 1.54) is 0 Å². The van der Waals surface area contributed by atoms with Crippen molar-refractivity contribution in [3.8, 4) is 34.5 Å². The van der Waals surface area contributed by atoms with E-state index in [1.54, 1.807) is 43.3 Å². The zero-order valence-corrected chi connectivity index (χ0v) is 18.9. The minimum atomic E-state index is -0.0598. The lowest BCUT2D eigenvalue weighted by Gasteiger charge is -2.32. The van der Waals surface area contributed by atoms with Crippen LogP contribution < -0.4 is 9.47 Å². The third-order valence-corrected chi connectivity index (χ3v) is 5.88. The molecule has 1 saturated heterocycles. The molecule has 0 spiro atoms. The molecule has 1 aliphatic rings. The molecule has 34 heavy (non-hydrogen) atoms. The van der Waals surface area contributed by atoms with Crippen molar-refractivity contribution in [3.05, 3.63) is 60.3 Å². The molecule has 10 heteroatoms. The first kappa shape index (κ1) is 21.6. The van der Waals surface area contributed by atoms with Crippen LogP contribution in [0.25, 0.3) is 23.0 Å². The van der Waals surface area contributed by atoms with Crippen molar-refractivity contribution in [2.75, 3.05) is 27.3 Å². The average molecular weight is 460 g/mol. The molecule has 1 amide bonds. The minimum absolute atomic E-state index is 0.00407. The standard InChI is InChI=1S/C24H24N6O4/c1-32-20-11-10-17(13-21(20)33-2)24(31)29-12-6-9-18(14-29)30-15-19(26-28-30)23-25-22(27-34-23)16-7-4-3-5-8-16/h3-5,7-8,10-11,13,15,18H,6,9,12,14H2,1-2H3. The van der Waals surface area contributed by atoms with Gasteiger partial charge in [-0.05, 0) is 31.0 Å². The predicted molar refractivity (Wildman–Crippen MR) is 122 cm³/mol. The Bertz CT molecular complexity index is 1290. The lowest BCUT2D eigenvalue weighted by atomic mass is 10.0. The molecule has 2 aromatic heterocycles. The number of carbonyl (C=O) groups is 1. The van der Waals surface area contributed by atoms with Gasteiger partial charge in [0.1, 0.15) is 0 Å². The van der Waals surface area contributed by atoms with Gasteiger partial charge in [0.25, 0.3) is 11.8 Å². The Kier molecular flexibility index (Phi) is 5.94. The maximum atomic E-state index is 13.2. The number of hydrogen-bond donors (Lipinski definition) is 0. The van der Waals surface area contributed by atoms with Crippen molar-refractivity contribution in [3.63, 3.8) is 0 Å². The molecule has 0 radical (unpaired) electrons. The maximum Gasteiger partial charge on any atom is 0.280 e. The summed E-state index contributed by atoms with van der Waals surface area (Å²) < 4.78 is 17.8. The zero-order chi connectivity index (χ0) is 23.5. The molecule has 174 valence electrons. The highest BCUT2D eigenvalue weighted by Gasteiger charge is 2.27. The Morgan fingerprint density at radius 1 is 1.09 bits per heavy atom. The van der Waals surface area contributed by atoms with Gasteiger partial charge in [0.15, 0.2) is 17.2 Å². The number of aromatic nitrogens is 5. The van der Waals surface area contributed by atoms with Crippen LogP contribution in [-0.2, 0) is 0 Å². The minimum Gasteiger partial charge on any atom is -0.493 e. The number of nitrogens with zero attached hydrogens (tertiary/aromatic N) is 6. The van der Waals surface area contributed by atoms with Crippen LogP contribution >= 0.6 is 0 Å². The molecule has 1 unspecified atom stereocenters. The smallest absolute Gasteiger partial charge is 0.280 e. The van der Waals surface area contributed by atoms with Gasteiger partial charge in [-0.15, -0.1) is 5.10 Å². The van der Waals surface area contributed by atoms with E-state index in [0.717, 1.165) is 18.4 Å². The first-order valence-electron chi connectivity index (χ1n) is 11.0. The zero-order valence-electron chi connectivity index (χ0n) is 18.9. The van der Waals surface area contributed by atoms with Gasteiger partial charge in [0.2, 0.25) is 5.82 Å². The summed E-state index contributed by atoms with van der Waals surface area (Å²) >= 11 is 0. The SMILES string of the molecule is COc1ccc(C(=O)N2CCCC(n3cc(-c4nc(-c5ccccc5)no4)nn3)C2)cc1OC. The Labute approximate surface area is 196 Å². The number of methoxy groups -OCH3 is 2. The van der Waals surface area contributed by atoms with Gasteiger partial charge in [0.05, 0.1) is 26.5 Å². The number of rotatable bonds is 6. The molecule has 0 N–H and O–H groups in total. The summed E-state index contributed by atoms with van der Waals surface area (Å²) in [7, 11) is 3.12. The molecular weight excluding hydrogens is 436 g/mol. The molecule has 0 aliphatic carbocycles. The average Bonchev–Trinajstić information content (AvgIpc) is 3.59. The third-order valence-electron chi connectivity index (χ3n) is 5.88. The largest absolute Gasteiger partial charge is 0.493 e. The van der Waals surface area contributed by atoms with Crippen LogP contribution in [0.2, 0.25) is 0 Å². The molecule has 1 aliphatic heterocycles. The van der Waals surface area contributed by atoms with Crippen molar-refractivity contribution < 1.29 is 18.8 Å². The van der Waals surface area contributed by atoms with Crippen molar-refractivity contribution >= 4 is 5.91 Å². The van der Waals surface area contributed by atoms with Gasteiger partial charge in [-0.25, -0.2) is 4.68 Å². The second-order valence-electron chi connectivity index (χ2n) is 7.99. The first-order chi connectivity index (χ1) is 16.7. The lowest BCUT2D eigenvalue weighted by Crippen LogP contribution is -2.40. The molecule has 2 aromatic carbocycles. The van der Waals surface area contributed by atoms with Crippen LogP contribution in [0, 0.1) is 0 Å². The van der Waals surface area contributed by atoms with Crippen LogP contribution in [0.4, 0.5) is 0 Å². The van der Waals surface area contributed by atoms with Crippen LogP contribution in [-0.4, -0.2) is 63.3 Å². The van der Waals surface area contributed by atoms with E-state index in [9.17, 15) is 4.79 Å². The molecular formula is C24H24N6O4. The Morgan fingerprint density at radius 2 is 1.91 bits per heavy atom. The van der Waals surface area contributed by atoms with E-state index in [0.29, 0.717) is 47.6 Å². The second-order valence-corrected chi connectivity index (χ2v) is 7.99. The van der Waals surface area contributed by atoms with E-state index in [-0.39, 0.29) is 11.9 Å². The van der Waals surface area contributed by atoms with Crippen LogP contribution in [0.15, 0.2) is 59.3 Å². The van der Waals surface area contributed by atoms with Crippen molar-refractivity contribution in [2.45, 2.75) is 18.9 Å². The van der Waals surface area contributed by atoms with Crippen LogP contribution in [0.1, 0.15) is 29.2 Å². The van der Waals surface area contributed by atoms with Crippen LogP contribution in [0.5, 0.6) is 11.5 Å². The summed E-state index contributed by atoms with van der Waals surface area (Å²) in [5.41, 5.74) is 1.91. The fraction of sp³-hybridized carbons (Fsp3) is 0.292. The Hall–Kier alpha value is -4.21. The van der Waals surface area contributed by atoms with Gasteiger partial charge in [-0.2, -0.15) is 4.98 Å². The highest BCUT2D eigenvalue weighted by atomic mass is 16.5. The molecule has 0 bridgehead atoms. The number of hydrogen-bond acceptors (Lipinski definition) is 8. The molecule has 5 rings (SSSR count). The third kappa shape index (κ3) is 4.21. The number of carbonyl (C=O) groups excluding carboxylic acids is 1. The summed E-state index contributed by atoms with van der Waals surface area (Å²) in [5, 5.41) is 12.5. The predicted octanol–water partition coefficient (Wildman–Crippen LogP) is 3.49. The Morgan fingerprint density at radius 3 is 2.71 bits per heavy atom. The topological polar surface area (TPSA) is 108 Å². The van der Waals surface area contributed by atoms with Crippen molar-refractivity contribution in [1.82, 2.24) is 30.0 Å². The fourth-order valence-electron chi connectivity index (χ4n) is 4.09. The summed E-state index contributed by atoms with van der Waals surface area (Å²) in [6, 6.07) is 14.8. The van der Waals surface area contributed by atoms with E-state index >= 15 is 0 Å². The molecule has 1 atom stereocenters. The number of likely N-dealkylation sites (tertiary alicyclic amines) is 1. The summed E-state index contributed by atoms with van der Waals surface area (Å²) in [5.74, 6) is 1.85. The number of benzene rings is 2. The lowest BCUT2D eigenvalue weighted by molar-refractivity contribution is 0.0671. The molecule has 3 heterocycles. The highest BCUT2D eigenvalue weighted by molar-refractivity contribution is 5.95. The van der Waals surface area contributed by atoms with Gasteiger partial charge in [-0.1, -0.05) is 40.7 Å². The maximum absolute atomic E-state index is 13.2. The summed E-state index contributed by atoms with van der Waals surface area (Å²) in [6.07, 6.45) is 3.53. The first-order valence-corrected chi connectivity index (χ1v) is 11.0. The van der Waals surface area contributed by atoms with E-state index in [2.05, 4.69) is 20.5 Å². The summed E-state index contributed by atoms with van der Waals surface area (Å²) in [6.45, 7) is 1.20. The second kappa shape index (κ2) is 9.34. The summed E-state index contributed by atoms with van der Waals surface area (Å²) in [4.78, 5) is 19.4. The fourth-order valence-corrected chi connectivity index (χ4v) is 4.09. The quantitative estimate of drug-likeness (QED) is 0.430. The molecule has 0 saturated carbocycles. The van der Waals surface area contributed by atoms with Gasteiger partial charge in [0, 0.05) is 24.2 Å². The molecule has 1 fully saturated rings. The van der Waals surface area contributed by atoms with E-state index < -0.39 is 0 Å². The van der Waals surface area contributed by atoms with Crippen molar-refractivity contribution in [1.29, 1.82) is 0 Å². The number of piperidine rings is 1. The van der Waals surface area contributed by atoms with Crippen molar-refractivity contribution in [2.24, 2.45) is 0 Å². The normalized spacial score (nSPS) is 15.8. The van der Waals surface area contributed by atoms with Gasteiger partial charge in [-0.3, -0.25) is 4.79 Å². The molecule has 10 nitrogen and oxygen atoms in total. The van der Waals surface area contributed by atoms with E-state index in [4.69, 9.17) is 14.0 Å². The van der Waals surface area contributed by atoms with Gasteiger partial charge >= 0.3 is 0 Å². The van der Waals surface area contributed by atoms with E-state index in [1.807, 2.05) is 35.2 Å². The Balaban J connectivity index is 1.30. The number of ether oxygens (including phenoxy) is 2. The molecule has 4 aromatic rings. The number of amides is 1. The van der Waals surface area contributed by atoms with Gasteiger partial charge < -0.3 is 18.9 Å². The highest BCUT2D eigenvalue weighted by Crippen LogP contribution is 2.30.